The van der Waals surface area contributed by atoms with Crippen LogP contribution in [0.2, 0.25) is 0 Å². The van der Waals surface area contributed by atoms with E-state index in [0.29, 0.717) is 26.2 Å². The van der Waals surface area contributed by atoms with E-state index >= 15 is 0 Å². The summed E-state index contributed by atoms with van der Waals surface area (Å²) in [5, 5.41) is 0. The normalized spacial score (nSPS) is 23.9. The molecule has 1 amide bonds. The Kier molecular flexibility index (Phi) is 5.25. The third-order valence-electron chi connectivity index (χ3n) is 5.58. The van der Waals surface area contributed by atoms with Crippen molar-refractivity contribution >= 4 is 17.2 Å². The molecule has 3 heterocycles. The first-order valence-corrected chi connectivity index (χ1v) is 10.2. The fourth-order valence-corrected chi connectivity index (χ4v) is 4.83. The van der Waals surface area contributed by atoms with Gasteiger partial charge in [-0.05, 0) is 31.0 Å². The van der Waals surface area contributed by atoms with Crippen LogP contribution in [-0.4, -0.2) is 52.5 Å². The summed E-state index contributed by atoms with van der Waals surface area (Å²) in [5.41, 5.74) is 3.57. The lowest BCUT2D eigenvalue weighted by Crippen LogP contribution is -2.55. The molecule has 2 aliphatic heterocycles. The van der Waals surface area contributed by atoms with Gasteiger partial charge in [0.1, 0.15) is 5.82 Å². The number of aryl methyl sites for hydroxylation is 1. The maximum absolute atomic E-state index is 13.3. The van der Waals surface area contributed by atoms with E-state index in [1.807, 2.05) is 17.3 Å². The molecule has 27 heavy (non-hydrogen) atoms. The highest BCUT2D eigenvalue weighted by Gasteiger charge is 2.46. The quantitative estimate of drug-likeness (QED) is 0.807. The first kappa shape index (κ1) is 18.5. The SMILES string of the molecule is Cc1ncsc1CN1CCC(=O)N(Cc2ccc(F)cc2)C2(CCOC2)C1. The first-order chi connectivity index (χ1) is 13.1. The fourth-order valence-electron chi connectivity index (χ4n) is 4.01. The van der Waals surface area contributed by atoms with Crippen molar-refractivity contribution in [2.24, 2.45) is 0 Å². The van der Waals surface area contributed by atoms with Crippen LogP contribution < -0.4 is 0 Å². The Morgan fingerprint density at radius 1 is 1.30 bits per heavy atom. The average molecular weight is 389 g/mol. The summed E-state index contributed by atoms with van der Waals surface area (Å²) >= 11 is 1.67. The van der Waals surface area contributed by atoms with Crippen LogP contribution in [0, 0.1) is 12.7 Å². The van der Waals surface area contributed by atoms with Crippen LogP contribution in [0.3, 0.4) is 0 Å². The van der Waals surface area contributed by atoms with Gasteiger partial charge < -0.3 is 9.64 Å². The highest BCUT2D eigenvalue weighted by molar-refractivity contribution is 7.09. The summed E-state index contributed by atoms with van der Waals surface area (Å²) in [6.45, 7) is 6.09. The van der Waals surface area contributed by atoms with Crippen molar-refractivity contribution in [3.63, 3.8) is 0 Å². The number of hydrogen-bond acceptors (Lipinski definition) is 5. The van der Waals surface area contributed by atoms with E-state index in [-0.39, 0.29) is 17.3 Å². The molecule has 1 unspecified atom stereocenters. The molecule has 2 saturated heterocycles. The number of carbonyl (C=O) groups is 1. The standard InChI is InChI=1S/C20H24FN3O2S/c1-15-18(27-14-22-15)11-23-8-6-19(25)24(20(12-23)7-9-26-13-20)10-16-2-4-17(21)5-3-16/h2-5,14H,6-13H2,1H3. The predicted molar refractivity (Wildman–Crippen MR) is 102 cm³/mol. The van der Waals surface area contributed by atoms with Gasteiger partial charge in [-0.1, -0.05) is 12.1 Å². The van der Waals surface area contributed by atoms with Gasteiger partial charge in [-0.15, -0.1) is 11.3 Å². The predicted octanol–water partition coefficient (Wildman–Crippen LogP) is 2.98. The molecular weight excluding hydrogens is 365 g/mol. The number of halogens is 1. The van der Waals surface area contributed by atoms with Gasteiger partial charge in [0.15, 0.2) is 0 Å². The number of thiazole rings is 1. The van der Waals surface area contributed by atoms with E-state index in [4.69, 9.17) is 4.74 Å². The molecule has 144 valence electrons. The number of hydrogen-bond donors (Lipinski definition) is 0. The summed E-state index contributed by atoms with van der Waals surface area (Å²) in [4.78, 5) is 23.0. The minimum absolute atomic E-state index is 0.147. The molecule has 1 spiro atoms. The van der Waals surface area contributed by atoms with Crippen LogP contribution in [0.5, 0.6) is 0 Å². The van der Waals surface area contributed by atoms with E-state index < -0.39 is 0 Å². The second kappa shape index (κ2) is 7.66. The monoisotopic (exact) mass is 389 g/mol. The molecule has 0 saturated carbocycles. The molecule has 2 aromatic rings. The number of rotatable bonds is 4. The maximum Gasteiger partial charge on any atom is 0.224 e. The van der Waals surface area contributed by atoms with Crippen molar-refractivity contribution in [1.29, 1.82) is 0 Å². The second-order valence-corrected chi connectivity index (χ2v) is 8.39. The van der Waals surface area contributed by atoms with Crippen LogP contribution in [0.25, 0.3) is 0 Å². The average Bonchev–Trinajstić information content (AvgIpc) is 3.26. The summed E-state index contributed by atoms with van der Waals surface area (Å²) in [5.74, 6) is -0.112. The molecule has 1 aromatic heterocycles. The van der Waals surface area contributed by atoms with Gasteiger partial charge in [-0.2, -0.15) is 0 Å². The number of aromatic nitrogens is 1. The van der Waals surface area contributed by atoms with Crippen LogP contribution in [0.1, 0.15) is 29.0 Å². The lowest BCUT2D eigenvalue weighted by atomic mass is 9.94. The van der Waals surface area contributed by atoms with Crippen molar-refractivity contribution in [1.82, 2.24) is 14.8 Å². The Morgan fingerprint density at radius 2 is 2.11 bits per heavy atom. The van der Waals surface area contributed by atoms with Crippen LogP contribution >= 0.6 is 11.3 Å². The molecule has 4 rings (SSSR count). The Hall–Kier alpha value is -1.83. The van der Waals surface area contributed by atoms with Crippen molar-refractivity contribution in [3.8, 4) is 0 Å². The number of carbonyl (C=O) groups excluding carboxylic acids is 1. The van der Waals surface area contributed by atoms with Gasteiger partial charge in [0.2, 0.25) is 5.91 Å². The van der Waals surface area contributed by atoms with Gasteiger partial charge in [0.05, 0.1) is 23.4 Å². The maximum atomic E-state index is 13.3. The molecular formula is C20H24FN3O2S. The third-order valence-corrected chi connectivity index (χ3v) is 6.50. The molecule has 2 aliphatic rings. The molecule has 1 aromatic carbocycles. The molecule has 1 atom stereocenters. The van der Waals surface area contributed by atoms with E-state index in [2.05, 4.69) is 9.88 Å². The smallest absolute Gasteiger partial charge is 0.224 e. The molecule has 0 N–H and O–H groups in total. The van der Waals surface area contributed by atoms with Crippen molar-refractivity contribution in [2.45, 2.75) is 38.4 Å². The molecule has 0 radical (unpaired) electrons. The third kappa shape index (κ3) is 3.90. The highest BCUT2D eigenvalue weighted by atomic mass is 32.1. The number of ether oxygens (including phenoxy) is 1. The molecule has 0 aliphatic carbocycles. The van der Waals surface area contributed by atoms with Crippen molar-refractivity contribution < 1.29 is 13.9 Å². The summed E-state index contributed by atoms with van der Waals surface area (Å²) in [6.07, 6.45) is 1.32. The highest BCUT2D eigenvalue weighted by Crippen LogP contribution is 2.33. The van der Waals surface area contributed by atoms with E-state index in [0.717, 1.165) is 37.3 Å². The van der Waals surface area contributed by atoms with Crippen LogP contribution in [0.4, 0.5) is 4.39 Å². The van der Waals surface area contributed by atoms with Gasteiger partial charge in [0, 0.05) is 44.1 Å². The molecule has 2 fully saturated rings. The van der Waals surface area contributed by atoms with Gasteiger partial charge >= 0.3 is 0 Å². The zero-order valence-corrected chi connectivity index (χ0v) is 16.3. The summed E-state index contributed by atoms with van der Waals surface area (Å²) < 4.78 is 19.0. The summed E-state index contributed by atoms with van der Waals surface area (Å²) in [7, 11) is 0. The fraction of sp³-hybridized carbons (Fsp3) is 0.500. The van der Waals surface area contributed by atoms with Gasteiger partial charge in [-0.3, -0.25) is 9.69 Å². The molecule has 7 heteroatoms. The van der Waals surface area contributed by atoms with Crippen LogP contribution in [-0.2, 0) is 22.6 Å². The Balaban J connectivity index is 1.58. The second-order valence-electron chi connectivity index (χ2n) is 7.45. The van der Waals surface area contributed by atoms with Gasteiger partial charge in [0.25, 0.3) is 0 Å². The largest absolute Gasteiger partial charge is 0.379 e. The Labute approximate surface area is 162 Å². The number of amides is 1. The van der Waals surface area contributed by atoms with Crippen molar-refractivity contribution in [3.05, 3.63) is 51.7 Å². The number of benzene rings is 1. The minimum atomic E-state index is -0.319. The van der Waals surface area contributed by atoms with Crippen LogP contribution in [0.15, 0.2) is 29.8 Å². The topological polar surface area (TPSA) is 45.7 Å². The van der Waals surface area contributed by atoms with E-state index in [9.17, 15) is 9.18 Å². The van der Waals surface area contributed by atoms with E-state index in [1.165, 1.54) is 17.0 Å². The zero-order valence-electron chi connectivity index (χ0n) is 15.5. The number of nitrogens with zero attached hydrogens (tertiary/aromatic N) is 3. The lowest BCUT2D eigenvalue weighted by molar-refractivity contribution is -0.137. The zero-order chi connectivity index (χ0) is 18.9. The summed E-state index contributed by atoms with van der Waals surface area (Å²) in [6, 6.07) is 6.42. The Morgan fingerprint density at radius 3 is 2.78 bits per heavy atom. The Bertz CT molecular complexity index is 802. The minimum Gasteiger partial charge on any atom is -0.379 e. The van der Waals surface area contributed by atoms with E-state index in [1.54, 1.807) is 23.5 Å². The molecule has 5 nitrogen and oxygen atoms in total. The first-order valence-electron chi connectivity index (χ1n) is 9.30. The van der Waals surface area contributed by atoms with Crippen molar-refractivity contribution in [2.75, 3.05) is 26.3 Å². The molecule has 0 bridgehead atoms. The van der Waals surface area contributed by atoms with Gasteiger partial charge in [-0.25, -0.2) is 9.37 Å². The lowest BCUT2D eigenvalue weighted by Gasteiger charge is -2.40.